The van der Waals surface area contributed by atoms with Gasteiger partial charge >= 0.3 is 0 Å². The molecule has 0 saturated heterocycles. The minimum Gasteiger partial charge on any atom is -0.350 e. The van der Waals surface area contributed by atoms with Crippen LogP contribution in [0.5, 0.6) is 0 Å². The van der Waals surface area contributed by atoms with Crippen molar-refractivity contribution in [3.05, 3.63) is 71.0 Å². The number of hydrogen-bond acceptors (Lipinski definition) is 3. The van der Waals surface area contributed by atoms with Crippen molar-refractivity contribution in [2.45, 2.75) is 58.5 Å². The van der Waals surface area contributed by atoms with Gasteiger partial charge < -0.3 is 10.2 Å². The zero-order valence-corrected chi connectivity index (χ0v) is 19.2. The lowest BCUT2D eigenvalue weighted by atomic mass is 10.1. The van der Waals surface area contributed by atoms with Gasteiger partial charge in [0.1, 0.15) is 11.9 Å². The molecule has 2 aromatic carbocycles. The van der Waals surface area contributed by atoms with Gasteiger partial charge in [0.15, 0.2) is 0 Å². The molecule has 0 fully saturated rings. The van der Waals surface area contributed by atoms with Crippen LogP contribution in [0.25, 0.3) is 0 Å². The molecular weight excluding hydrogens is 399 g/mol. The number of rotatable bonds is 8. The maximum absolute atomic E-state index is 13.8. The molecule has 30 heavy (non-hydrogen) atoms. The van der Waals surface area contributed by atoms with Crippen LogP contribution in [0.15, 0.2) is 48.5 Å². The molecule has 0 aliphatic heterocycles. The van der Waals surface area contributed by atoms with Gasteiger partial charge in [0.05, 0.1) is 5.75 Å². The predicted octanol–water partition coefficient (Wildman–Crippen LogP) is 4.70. The highest BCUT2D eigenvalue weighted by Gasteiger charge is 2.28. The first kappa shape index (κ1) is 23.9. The summed E-state index contributed by atoms with van der Waals surface area (Å²) in [6, 6.07) is 13.8. The van der Waals surface area contributed by atoms with Gasteiger partial charge in [-0.1, -0.05) is 42.5 Å². The molecule has 1 N–H and O–H groups in total. The number of benzene rings is 2. The minimum atomic E-state index is -0.620. The van der Waals surface area contributed by atoms with Crippen molar-refractivity contribution in [1.82, 2.24) is 10.2 Å². The fourth-order valence-corrected chi connectivity index (χ4v) is 3.87. The summed E-state index contributed by atoms with van der Waals surface area (Å²) < 4.78 is 13.8. The van der Waals surface area contributed by atoms with Crippen molar-refractivity contribution in [3.8, 4) is 0 Å². The smallest absolute Gasteiger partial charge is 0.242 e. The van der Waals surface area contributed by atoms with Gasteiger partial charge in [-0.3, -0.25) is 9.59 Å². The van der Waals surface area contributed by atoms with E-state index in [0.717, 1.165) is 11.1 Å². The molecule has 0 aliphatic rings. The van der Waals surface area contributed by atoms with Crippen LogP contribution in [-0.2, 0) is 21.9 Å². The number of amides is 2. The average molecular weight is 431 g/mol. The Morgan fingerprint density at radius 3 is 2.27 bits per heavy atom. The number of nitrogens with one attached hydrogen (secondary N) is 1. The van der Waals surface area contributed by atoms with E-state index in [1.54, 1.807) is 30.0 Å². The molecule has 0 heterocycles. The lowest BCUT2D eigenvalue weighted by molar-refractivity contribution is -0.139. The number of nitrogens with zero attached hydrogens (tertiary/aromatic N) is 1. The summed E-state index contributed by atoms with van der Waals surface area (Å²) in [6.07, 6.45) is 0. The van der Waals surface area contributed by atoms with E-state index < -0.39 is 6.04 Å². The van der Waals surface area contributed by atoms with E-state index in [1.807, 2.05) is 52.0 Å². The average Bonchev–Trinajstić information content (AvgIpc) is 2.67. The van der Waals surface area contributed by atoms with Crippen molar-refractivity contribution >= 4 is 23.6 Å². The molecule has 0 radical (unpaired) electrons. The van der Waals surface area contributed by atoms with Crippen LogP contribution in [0.3, 0.4) is 0 Å². The summed E-state index contributed by atoms with van der Waals surface area (Å²) in [7, 11) is 0. The zero-order valence-electron chi connectivity index (χ0n) is 18.4. The molecule has 6 heteroatoms. The van der Waals surface area contributed by atoms with Crippen LogP contribution in [-0.4, -0.2) is 34.0 Å². The third-order valence-electron chi connectivity index (χ3n) is 4.71. The maximum Gasteiger partial charge on any atom is 0.242 e. The van der Waals surface area contributed by atoms with Crippen molar-refractivity contribution in [2.24, 2.45) is 0 Å². The third kappa shape index (κ3) is 7.17. The molecule has 2 aromatic rings. The third-order valence-corrected chi connectivity index (χ3v) is 5.67. The van der Waals surface area contributed by atoms with E-state index in [4.69, 9.17) is 0 Å². The Hall–Kier alpha value is -2.34. The molecule has 0 saturated carbocycles. The summed E-state index contributed by atoms with van der Waals surface area (Å²) in [5.41, 5.74) is 2.25. The lowest BCUT2D eigenvalue weighted by Crippen LogP contribution is -2.52. The van der Waals surface area contributed by atoms with Gasteiger partial charge in [0.2, 0.25) is 11.8 Å². The van der Waals surface area contributed by atoms with Gasteiger partial charge in [0.25, 0.3) is 0 Å². The van der Waals surface area contributed by atoms with Crippen molar-refractivity contribution in [2.75, 3.05) is 5.75 Å². The van der Waals surface area contributed by atoms with Crippen LogP contribution in [0.2, 0.25) is 0 Å². The molecule has 0 bridgehead atoms. The van der Waals surface area contributed by atoms with E-state index in [2.05, 4.69) is 5.32 Å². The van der Waals surface area contributed by atoms with Gasteiger partial charge in [-0.2, -0.15) is 0 Å². The summed E-state index contributed by atoms with van der Waals surface area (Å²) >= 11 is 1.35. The minimum absolute atomic E-state index is 0.142. The quantitative estimate of drug-likeness (QED) is 0.660. The molecule has 4 nitrogen and oxygen atoms in total. The Labute approximate surface area is 183 Å². The van der Waals surface area contributed by atoms with Crippen LogP contribution in [0.4, 0.5) is 4.39 Å². The first-order valence-electron chi connectivity index (χ1n) is 10.1. The molecule has 2 amide bonds. The fraction of sp³-hybridized carbons (Fsp3) is 0.417. The van der Waals surface area contributed by atoms with Crippen molar-refractivity contribution in [3.63, 3.8) is 0 Å². The number of hydrogen-bond donors (Lipinski definition) is 1. The highest BCUT2D eigenvalue weighted by molar-refractivity contribution is 7.99. The molecule has 162 valence electrons. The molecular formula is C24H31FN2O2S. The predicted molar refractivity (Wildman–Crippen MR) is 122 cm³/mol. The second kappa shape index (κ2) is 10.6. The highest BCUT2D eigenvalue weighted by atomic mass is 32.2. The number of carbonyl (C=O) groups excluding carboxylic acids is 2. The standard InChI is InChI=1S/C24H31FN2O2S/c1-17-10-6-7-11-19(17)14-27(18(2)23(29)26-24(3,4)5)22(28)16-30-15-20-12-8-9-13-21(20)25/h6-13,18H,14-16H2,1-5H3,(H,26,29)/t18-/m0/s1. The first-order valence-corrected chi connectivity index (χ1v) is 11.2. The molecule has 0 aromatic heterocycles. The number of thioether (sulfide) groups is 1. The van der Waals surface area contributed by atoms with E-state index in [1.165, 1.54) is 17.8 Å². The Morgan fingerprint density at radius 2 is 1.67 bits per heavy atom. The van der Waals surface area contributed by atoms with Crippen LogP contribution in [0, 0.1) is 12.7 Å². The van der Waals surface area contributed by atoms with Crippen LogP contribution < -0.4 is 5.32 Å². The molecule has 0 spiro atoms. The van der Waals surface area contributed by atoms with Crippen LogP contribution >= 0.6 is 11.8 Å². The molecule has 0 aliphatic carbocycles. The van der Waals surface area contributed by atoms with E-state index >= 15 is 0 Å². The molecule has 2 rings (SSSR count). The molecule has 0 unspecified atom stereocenters. The number of halogens is 1. The van der Waals surface area contributed by atoms with E-state index in [-0.39, 0.29) is 28.9 Å². The van der Waals surface area contributed by atoms with E-state index in [9.17, 15) is 14.0 Å². The van der Waals surface area contributed by atoms with Crippen LogP contribution in [0.1, 0.15) is 44.4 Å². The number of aryl methyl sites for hydroxylation is 1. The van der Waals surface area contributed by atoms with E-state index in [0.29, 0.717) is 17.9 Å². The Kier molecular flexibility index (Phi) is 8.47. The zero-order chi connectivity index (χ0) is 22.3. The summed E-state index contributed by atoms with van der Waals surface area (Å²) in [6.45, 7) is 9.83. The first-order chi connectivity index (χ1) is 14.1. The normalized spacial score (nSPS) is 12.3. The van der Waals surface area contributed by atoms with Crippen molar-refractivity contribution in [1.29, 1.82) is 0 Å². The Balaban J connectivity index is 2.13. The SMILES string of the molecule is Cc1ccccc1CN(C(=O)CSCc1ccccc1F)[C@@H](C)C(=O)NC(C)(C)C. The van der Waals surface area contributed by atoms with Gasteiger partial charge in [-0.15, -0.1) is 11.8 Å². The van der Waals surface area contributed by atoms with Gasteiger partial charge in [0, 0.05) is 17.8 Å². The van der Waals surface area contributed by atoms with Crippen molar-refractivity contribution < 1.29 is 14.0 Å². The Bertz CT molecular complexity index is 880. The fourth-order valence-electron chi connectivity index (χ4n) is 2.97. The largest absolute Gasteiger partial charge is 0.350 e. The summed E-state index contributed by atoms with van der Waals surface area (Å²) in [4.78, 5) is 27.4. The topological polar surface area (TPSA) is 49.4 Å². The highest BCUT2D eigenvalue weighted by Crippen LogP contribution is 2.19. The second-order valence-corrected chi connectivity index (χ2v) is 9.43. The molecule has 1 atom stereocenters. The number of carbonyl (C=O) groups is 2. The van der Waals surface area contributed by atoms with Gasteiger partial charge in [-0.05, 0) is 57.4 Å². The monoisotopic (exact) mass is 430 g/mol. The maximum atomic E-state index is 13.8. The summed E-state index contributed by atoms with van der Waals surface area (Å²) in [5.74, 6) is -0.0289. The van der Waals surface area contributed by atoms with Gasteiger partial charge in [-0.25, -0.2) is 4.39 Å². The lowest BCUT2D eigenvalue weighted by Gasteiger charge is -2.31. The second-order valence-electron chi connectivity index (χ2n) is 8.45. The Morgan fingerprint density at radius 1 is 1.07 bits per heavy atom. The summed E-state index contributed by atoms with van der Waals surface area (Å²) in [5, 5.41) is 2.95.